The average Bonchev–Trinajstić information content (AvgIpc) is 2.66. The number of pyridine rings is 1. The molecule has 0 bridgehead atoms. The van der Waals surface area contributed by atoms with Crippen molar-refractivity contribution in [2.75, 3.05) is 12.4 Å². The van der Waals surface area contributed by atoms with Gasteiger partial charge in [0.2, 0.25) is 0 Å². The predicted octanol–water partition coefficient (Wildman–Crippen LogP) is 4.31. The minimum Gasteiger partial charge on any atom is -0.494 e. The van der Waals surface area contributed by atoms with Crippen molar-refractivity contribution in [3.63, 3.8) is 0 Å². The van der Waals surface area contributed by atoms with E-state index in [-0.39, 0.29) is 0 Å². The number of allylic oxidation sites excluding steroid dienone is 1. The van der Waals surface area contributed by atoms with Gasteiger partial charge in [-0.2, -0.15) is 5.26 Å². The fourth-order valence-electron chi connectivity index (χ4n) is 2.56. The lowest BCUT2D eigenvalue weighted by Gasteiger charge is -2.09. The van der Waals surface area contributed by atoms with Crippen LogP contribution in [-0.4, -0.2) is 12.1 Å². The summed E-state index contributed by atoms with van der Waals surface area (Å²) in [6.07, 6.45) is 4.02. The van der Waals surface area contributed by atoms with Crippen molar-refractivity contribution in [3.05, 3.63) is 78.1 Å². The predicted molar refractivity (Wildman–Crippen MR) is 95.8 cm³/mol. The highest BCUT2D eigenvalue weighted by molar-refractivity contribution is 5.87. The van der Waals surface area contributed by atoms with E-state index in [4.69, 9.17) is 4.74 Å². The molecule has 4 heteroatoms. The van der Waals surface area contributed by atoms with Gasteiger partial charge in [0.25, 0.3) is 0 Å². The fraction of sp³-hybridized carbons (Fsp3) is 0.100. The van der Waals surface area contributed by atoms with Crippen LogP contribution < -0.4 is 10.1 Å². The molecule has 0 aliphatic heterocycles. The zero-order valence-electron chi connectivity index (χ0n) is 13.4. The van der Waals surface area contributed by atoms with Crippen LogP contribution in [0.25, 0.3) is 10.9 Å². The first-order chi connectivity index (χ1) is 11.8. The number of rotatable bonds is 5. The van der Waals surface area contributed by atoms with Gasteiger partial charge in [0.15, 0.2) is 0 Å². The number of nitriles is 1. The van der Waals surface area contributed by atoms with Crippen molar-refractivity contribution in [3.8, 4) is 11.8 Å². The number of hydrogen-bond donors (Lipinski definition) is 1. The summed E-state index contributed by atoms with van der Waals surface area (Å²) in [5.74, 6) is 0.735. The Balaban J connectivity index is 1.89. The molecule has 0 radical (unpaired) electrons. The SMILES string of the molecule is COc1ccc(C/C(C#N)=C\Nc2ccccc2)c2cccnc12. The molecule has 4 nitrogen and oxygen atoms in total. The standard InChI is InChI=1S/C20H17N3O/c1-24-19-10-9-16(18-8-5-11-22-20(18)19)12-15(13-21)14-23-17-6-3-2-4-7-17/h2-11,14,23H,12H2,1H3/b15-14+. The summed E-state index contributed by atoms with van der Waals surface area (Å²) in [4.78, 5) is 4.40. The second-order valence-electron chi connectivity index (χ2n) is 5.30. The number of nitrogens with one attached hydrogen (secondary N) is 1. The third-order valence-corrected chi connectivity index (χ3v) is 3.75. The summed E-state index contributed by atoms with van der Waals surface area (Å²) >= 11 is 0. The normalized spacial score (nSPS) is 11.1. The Hall–Kier alpha value is -3.32. The van der Waals surface area contributed by atoms with Gasteiger partial charge in [0.1, 0.15) is 11.3 Å². The number of hydrogen-bond acceptors (Lipinski definition) is 4. The summed E-state index contributed by atoms with van der Waals surface area (Å²) in [6, 6.07) is 19.8. The molecule has 0 unspecified atom stereocenters. The number of methoxy groups -OCH3 is 1. The minimum absolute atomic E-state index is 0.530. The van der Waals surface area contributed by atoms with Crippen LogP contribution in [0.2, 0.25) is 0 Å². The van der Waals surface area contributed by atoms with Crippen molar-refractivity contribution in [2.45, 2.75) is 6.42 Å². The van der Waals surface area contributed by atoms with Gasteiger partial charge in [-0.15, -0.1) is 0 Å². The lowest BCUT2D eigenvalue weighted by atomic mass is 10.0. The Morgan fingerprint density at radius 2 is 2.00 bits per heavy atom. The minimum atomic E-state index is 0.530. The molecule has 0 spiro atoms. The quantitative estimate of drug-likeness (QED) is 0.713. The molecule has 3 aromatic rings. The average molecular weight is 315 g/mol. The lowest BCUT2D eigenvalue weighted by molar-refractivity contribution is 0.419. The molecule has 0 atom stereocenters. The van der Waals surface area contributed by atoms with Crippen molar-refractivity contribution >= 4 is 16.6 Å². The van der Waals surface area contributed by atoms with E-state index in [1.54, 1.807) is 19.5 Å². The third-order valence-electron chi connectivity index (χ3n) is 3.75. The van der Waals surface area contributed by atoms with E-state index in [1.165, 1.54) is 0 Å². The fourth-order valence-corrected chi connectivity index (χ4v) is 2.56. The van der Waals surface area contributed by atoms with Gasteiger partial charge in [0, 0.05) is 35.5 Å². The Kier molecular flexibility index (Phi) is 4.73. The number of aromatic nitrogens is 1. The molecule has 0 aliphatic carbocycles. The van der Waals surface area contributed by atoms with Crippen LogP contribution in [0.4, 0.5) is 5.69 Å². The van der Waals surface area contributed by atoms with Gasteiger partial charge in [0.05, 0.1) is 13.2 Å². The zero-order chi connectivity index (χ0) is 16.8. The van der Waals surface area contributed by atoms with Gasteiger partial charge in [-0.25, -0.2) is 0 Å². The Morgan fingerprint density at radius 1 is 1.17 bits per heavy atom. The molecule has 0 fully saturated rings. The van der Waals surface area contributed by atoms with Crippen LogP contribution in [0.1, 0.15) is 5.56 Å². The Bertz CT molecular complexity index is 911. The molecule has 0 saturated heterocycles. The Morgan fingerprint density at radius 3 is 2.75 bits per heavy atom. The summed E-state index contributed by atoms with van der Waals surface area (Å²) in [6.45, 7) is 0. The molecule has 24 heavy (non-hydrogen) atoms. The molecule has 1 N–H and O–H groups in total. The van der Waals surface area contributed by atoms with Crippen LogP contribution in [-0.2, 0) is 6.42 Å². The van der Waals surface area contributed by atoms with Gasteiger partial charge in [-0.3, -0.25) is 4.98 Å². The van der Waals surface area contributed by atoms with E-state index in [0.29, 0.717) is 12.0 Å². The van der Waals surface area contributed by atoms with Gasteiger partial charge < -0.3 is 10.1 Å². The van der Waals surface area contributed by atoms with E-state index >= 15 is 0 Å². The van der Waals surface area contributed by atoms with E-state index < -0.39 is 0 Å². The summed E-state index contributed by atoms with van der Waals surface area (Å²) in [5, 5.41) is 13.6. The van der Waals surface area contributed by atoms with Crippen LogP contribution >= 0.6 is 0 Å². The van der Waals surface area contributed by atoms with E-state index in [0.717, 1.165) is 27.9 Å². The maximum absolute atomic E-state index is 9.44. The molecule has 2 aromatic carbocycles. The molecule has 1 aromatic heterocycles. The lowest BCUT2D eigenvalue weighted by Crippen LogP contribution is -1.97. The smallest absolute Gasteiger partial charge is 0.145 e. The second-order valence-corrected chi connectivity index (χ2v) is 5.30. The maximum atomic E-state index is 9.44. The largest absolute Gasteiger partial charge is 0.494 e. The molecule has 0 saturated carbocycles. The van der Waals surface area contributed by atoms with Crippen molar-refractivity contribution in [1.82, 2.24) is 4.98 Å². The molecule has 0 amide bonds. The van der Waals surface area contributed by atoms with Crippen LogP contribution in [0, 0.1) is 11.3 Å². The monoisotopic (exact) mass is 315 g/mol. The van der Waals surface area contributed by atoms with E-state index in [2.05, 4.69) is 16.4 Å². The highest BCUT2D eigenvalue weighted by atomic mass is 16.5. The topological polar surface area (TPSA) is 57.9 Å². The van der Waals surface area contributed by atoms with Crippen LogP contribution in [0.5, 0.6) is 5.75 Å². The number of anilines is 1. The molecular formula is C20H17N3O. The van der Waals surface area contributed by atoms with E-state index in [9.17, 15) is 5.26 Å². The summed E-state index contributed by atoms with van der Waals surface area (Å²) in [7, 11) is 1.63. The van der Waals surface area contributed by atoms with Crippen LogP contribution in [0.15, 0.2) is 72.6 Å². The first-order valence-electron chi connectivity index (χ1n) is 7.63. The van der Waals surface area contributed by atoms with Gasteiger partial charge >= 0.3 is 0 Å². The number of nitrogens with zero attached hydrogens (tertiary/aromatic N) is 2. The maximum Gasteiger partial charge on any atom is 0.145 e. The van der Waals surface area contributed by atoms with Gasteiger partial charge in [-0.1, -0.05) is 30.3 Å². The molecule has 3 rings (SSSR count). The molecular weight excluding hydrogens is 298 g/mol. The highest BCUT2D eigenvalue weighted by Gasteiger charge is 2.09. The zero-order valence-corrected chi connectivity index (χ0v) is 13.4. The van der Waals surface area contributed by atoms with Crippen molar-refractivity contribution < 1.29 is 4.74 Å². The third kappa shape index (κ3) is 3.36. The highest BCUT2D eigenvalue weighted by Crippen LogP contribution is 2.27. The first kappa shape index (κ1) is 15.6. The second kappa shape index (κ2) is 7.30. The first-order valence-corrected chi connectivity index (χ1v) is 7.63. The molecule has 1 heterocycles. The number of para-hydroxylation sites is 1. The molecule has 0 aliphatic rings. The van der Waals surface area contributed by atoms with Crippen molar-refractivity contribution in [1.29, 1.82) is 5.26 Å². The molecule has 118 valence electrons. The number of ether oxygens (including phenoxy) is 1. The van der Waals surface area contributed by atoms with E-state index in [1.807, 2.05) is 54.6 Å². The summed E-state index contributed by atoms with van der Waals surface area (Å²) in [5.41, 5.74) is 3.45. The van der Waals surface area contributed by atoms with Crippen LogP contribution in [0.3, 0.4) is 0 Å². The summed E-state index contributed by atoms with van der Waals surface area (Å²) < 4.78 is 5.36. The van der Waals surface area contributed by atoms with Gasteiger partial charge in [-0.05, 0) is 29.8 Å². The number of benzene rings is 2. The van der Waals surface area contributed by atoms with Crippen molar-refractivity contribution in [2.24, 2.45) is 0 Å². The number of fused-ring (bicyclic) bond motifs is 1. The Labute approximate surface area is 141 Å².